The summed E-state index contributed by atoms with van der Waals surface area (Å²) in [5.74, 6) is -1.11. The van der Waals surface area contributed by atoms with Crippen molar-refractivity contribution in [1.82, 2.24) is 9.97 Å². The van der Waals surface area contributed by atoms with E-state index in [2.05, 4.69) is 15.3 Å². The number of fused-ring (bicyclic) bond motifs is 1. The van der Waals surface area contributed by atoms with Gasteiger partial charge in [0.15, 0.2) is 12.3 Å². The molecule has 0 spiro atoms. The number of hydrogen-bond donors (Lipinski definition) is 1. The van der Waals surface area contributed by atoms with E-state index < -0.39 is 18.5 Å². The second-order valence-electron chi connectivity index (χ2n) is 6.69. The highest BCUT2D eigenvalue weighted by atomic mass is 16.5. The molecule has 6 nitrogen and oxygen atoms in total. The number of esters is 1. The normalized spacial score (nSPS) is 10.5. The molecule has 0 aliphatic heterocycles. The first-order valence-corrected chi connectivity index (χ1v) is 9.49. The molecule has 1 amide bonds. The molecular weight excluding hydrogens is 378 g/mol. The van der Waals surface area contributed by atoms with Crippen LogP contribution in [0.3, 0.4) is 0 Å². The average Bonchev–Trinajstić information content (AvgIpc) is 2.79. The molecule has 0 unspecified atom stereocenters. The fraction of sp³-hybridized carbons (Fsp3) is 0.0833. The van der Waals surface area contributed by atoms with Crippen LogP contribution in [0.5, 0.6) is 0 Å². The Labute approximate surface area is 173 Å². The smallest absolute Gasteiger partial charge is 0.359 e. The summed E-state index contributed by atoms with van der Waals surface area (Å²) in [6, 6.07) is 24.8. The van der Waals surface area contributed by atoms with Crippen molar-refractivity contribution in [2.45, 2.75) is 6.42 Å². The molecule has 1 N–H and O–H groups in total. The van der Waals surface area contributed by atoms with Gasteiger partial charge < -0.3 is 10.1 Å². The van der Waals surface area contributed by atoms with Gasteiger partial charge in [0.1, 0.15) is 0 Å². The van der Waals surface area contributed by atoms with Crippen LogP contribution >= 0.6 is 0 Å². The Morgan fingerprint density at radius 3 is 2.37 bits per heavy atom. The van der Waals surface area contributed by atoms with E-state index in [0.29, 0.717) is 23.1 Å². The number of nitrogens with zero attached hydrogens (tertiary/aromatic N) is 2. The Bertz CT molecular complexity index is 1190. The van der Waals surface area contributed by atoms with Gasteiger partial charge in [-0.25, -0.2) is 9.78 Å². The lowest BCUT2D eigenvalue weighted by Crippen LogP contribution is -2.22. The molecule has 4 aromatic rings. The number of aromatic nitrogens is 2. The summed E-state index contributed by atoms with van der Waals surface area (Å²) < 4.78 is 5.12. The third kappa shape index (κ3) is 4.67. The van der Waals surface area contributed by atoms with Crippen molar-refractivity contribution in [1.29, 1.82) is 0 Å². The van der Waals surface area contributed by atoms with Gasteiger partial charge >= 0.3 is 5.97 Å². The maximum atomic E-state index is 12.3. The molecule has 30 heavy (non-hydrogen) atoms. The molecule has 1 aromatic heterocycles. The van der Waals surface area contributed by atoms with Gasteiger partial charge in [0.05, 0.1) is 17.2 Å². The van der Waals surface area contributed by atoms with Gasteiger partial charge in [0, 0.05) is 5.69 Å². The number of carbonyl (C=O) groups excluding carboxylic acids is 2. The first-order valence-electron chi connectivity index (χ1n) is 9.49. The predicted molar refractivity (Wildman–Crippen MR) is 114 cm³/mol. The first-order chi connectivity index (χ1) is 14.7. The summed E-state index contributed by atoms with van der Waals surface area (Å²) in [4.78, 5) is 33.0. The SMILES string of the molecule is O=C(COC(=O)c1cnc2ccccc2n1)Nc1ccccc1Cc1ccccc1. The fourth-order valence-corrected chi connectivity index (χ4v) is 3.06. The van der Waals surface area contributed by atoms with Crippen LogP contribution in [0, 0.1) is 0 Å². The molecule has 3 aromatic carbocycles. The number of carbonyl (C=O) groups is 2. The summed E-state index contributed by atoms with van der Waals surface area (Å²) in [6.45, 7) is -0.410. The number of para-hydroxylation sites is 3. The van der Waals surface area contributed by atoms with Crippen LogP contribution in [-0.2, 0) is 16.0 Å². The van der Waals surface area contributed by atoms with Crippen LogP contribution in [0.2, 0.25) is 0 Å². The average molecular weight is 397 g/mol. The predicted octanol–water partition coefficient (Wildman–Crippen LogP) is 4.02. The molecule has 1 heterocycles. The van der Waals surface area contributed by atoms with Crippen molar-refractivity contribution in [3.63, 3.8) is 0 Å². The van der Waals surface area contributed by atoms with Crippen LogP contribution in [-0.4, -0.2) is 28.5 Å². The van der Waals surface area contributed by atoms with E-state index in [9.17, 15) is 9.59 Å². The summed E-state index contributed by atoms with van der Waals surface area (Å²) in [6.07, 6.45) is 2.03. The molecule has 0 radical (unpaired) electrons. The minimum Gasteiger partial charge on any atom is -0.451 e. The summed E-state index contributed by atoms with van der Waals surface area (Å²) in [5.41, 5.74) is 4.14. The van der Waals surface area contributed by atoms with Gasteiger partial charge in [-0.2, -0.15) is 0 Å². The third-order valence-corrected chi connectivity index (χ3v) is 4.52. The van der Waals surface area contributed by atoms with E-state index in [1.807, 2.05) is 66.7 Å². The highest BCUT2D eigenvalue weighted by molar-refractivity contribution is 5.95. The van der Waals surface area contributed by atoms with Crippen molar-refractivity contribution in [3.8, 4) is 0 Å². The monoisotopic (exact) mass is 397 g/mol. The topological polar surface area (TPSA) is 81.2 Å². The third-order valence-electron chi connectivity index (χ3n) is 4.52. The largest absolute Gasteiger partial charge is 0.451 e. The van der Waals surface area contributed by atoms with Crippen molar-refractivity contribution in [3.05, 3.63) is 102 Å². The molecule has 6 heteroatoms. The van der Waals surface area contributed by atoms with Gasteiger partial charge in [-0.15, -0.1) is 0 Å². The fourth-order valence-electron chi connectivity index (χ4n) is 3.06. The van der Waals surface area contributed by atoms with E-state index in [4.69, 9.17) is 4.74 Å². The Kier molecular flexibility index (Phi) is 5.75. The highest BCUT2D eigenvalue weighted by Crippen LogP contribution is 2.19. The van der Waals surface area contributed by atoms with Crippen LogP contribution in [0.25, 0.3) is 11.0 Å². The maximum Gasteiger partial charge on any atom is 0.359 e. The molecule has 0 saturated heterocycles. The number of ether oxygens (including phenoxy) is 1. The molecule has 0 atom stereocenters. The molecule has 0 bridgehead atoms. The first kappa shape index (κ1) is 19.3. The van der Waals surface area contributed by atoms with Gasteiger partial charge in [-0.1, -0.05) is 60.7 Å². The van der Waals surface area contributed by atoms with Gasteiger partial charge in [-0.3, -0.25) is 9.78 Å². The van der Waals surface area contributed by atoms with Crippen LogP contribution in [0.1, 0.15) is 21.6 Å². The molecule has 0 aliphatic rings. The van der Waals surface area contributed by atoms with E-state index >= 15 is 0 Å². The van der Waals surface area contributed by atoms with Crippen molar-refractivity contribution in [2.24, 2.45) is 0 Å². The zero-order valence-electron chi connectivity index (χ0n) is 16.1. The zero-order valence-corrected chi connectivity index (χ0v) is 16.1. The lowest BCUT2D eigenvalue weighted by molar-refractivity contribution is -0.119. The van der Waals surface area contributed by atoms with Crippen LogP contribution in [0.4, 0.5) is 5.69 Å². The second-order valence-corrected chi connectivity index (χ2v) is 6.69. The maximum absolute atomic E-state index is 12.3. The number of anilines is 1. The van der Waals surface area contributed by atoms with Crippen LogP contribution < -0.4 is 5.32 Å². The molecule has 4 rings (SSSR count). The molecular formula is C24H19N3O3. The lowest BCUT2D eigenvalue weighted by Gasteiger charge is -2.11. The Morgan fingerprint density at radius 2 is 1.53 bits per heavy atom. The number of hydrogen-bond acceptors (Lipinski definition) is 5. The van der Waals surface area contributed by atoms with Crippen molar-refractivity contribution >= 4 is 28.6 Å². The quantitative estimate of drug-likeness (QED) is 0.497. The highest BCUT2D eigenvalue weighted by Gasteiger charge is 2.14. The Hall–Kier alpha value is -4.06. The molecule has 0 aliphatic carbocycles. The van der Waals surface area contributed by atoms with Gasteiger partial charge in [-0.05, 0) is 35.7 Å². The van der Waals surface area contributed by atoms with Gasteiger partial charge in [0.25, 0.3) is 5.91 Å². The lowest BCUT2D eigenvalue weighted by atomic mass is 10.0. The minimum atomic E-state index is -0.694. The molecule has 0 saturated carbocycles. The van der Waals surface area contributed by atoms with Crippen molar-refractivity contribution in [2.75, 3.05) is 11.9 Å². The number of rotatable bonds is 6. The summed E-state index contributed by atoms with van der Waals surface area (Å²) >= 11 is 0. The molecule has 0 fully saturated rings. The van der Waals surface area contributed by atoms with Crippen LogP contribution in [0.15, 0.2) is 85.1 Å². The second kappa shape index (κ2) is 8.96. The summed E-state index contributed by atoms with van der Waals surface area (Å²) in [7, 11) is 0. The zero-order chi connectivity index (χ0) is 20.8. The standard InChI is InChI=1S/C24H19N3O3/c28-23(16-30-24(29)22-15-25-20-12-6-7-13-21(20)26-22)27-19-11-5-4-10-18(19)14-17-8-2-1-3-9-17/h1-13,15H,14,16H2,(H,27,28). The summed E-state index contributed by atoms with van der Waals surface area (Å²) in [5, 5.41) is 2.82. The Morgan fingerprint density at radius 1 is 0.833 bits per heavy atom. The number of amides is 1. The minimum absolute atomic E-state index is 0.0611. The van der Waals surface area contributed by atoms with Crippen molar-refractivity contribution < 1.29 is 14.3 Å². The van der Waals surface area contributed by atoms with E-state index in [0.717, 1.165) is 11.1 Å². The number of benzene rings is 3. The van der Waals surface area contributed by atoms with E-state index in [1.54, 1.807) is 12.1 Å². The van der Waals surface area contributed by atoms with E-state index in [1.165, 1.54) is 6.20 Å². The van der Waals surface area contributed by atoms with E-state index in [-0.39, 0.29) is 5.69 Å². The number of nitrogens with one attached hydrogen (secondary N) is 1. The molecule has 148 valence electrons. The van der Waals surface area contributed by atoms with Gasteiger partial charge in [0.2, 0.25) is 0 Å². The Balaban J connectivity index is 1.38.